The Kier molecular flexibility index (Phi) is 3.98. The van der Waals surface area contributed by atoms with Crippen molar-refractivity contribution in [2.24, 2.45) is 5.73 Å². The third-order valence-electron chi connectivity index (χ3n) is 6.81. The van der Waals surface area contributed by atoms with Crippen molar-refractivity contribution in [3.63, 3.8) is 0 Å². The summed E-state index contributed by atoms with van der Waals surface area (Å²) < 4.78 is 13.5. The summed E-state index contributed by atoms with van der Waals surface area (Å²) in [5.41, 5.74) is 9.46. The van der Waals surface area contributed by atoms with E-state index in [-0.39, 0.29) is 29.0 Å². The molecule has 0 spiro atoms. The van der Waals surface area contributed by atoms with Gasteiger partial charge in [-0.1, -0.05) is 36.4 Å². The second kappa shape index (κ2) is 6.31. The fourth-order valence-electron chi connectivity index (χ4n) is 5.67. The zero-order valence-electron chi connectivity index (χ0n) is 16.0. The lowest BCUT2D eigenvalue weighted by molar-refractivity contribution is 0.0188. The lowest BCUT2D eigenvalue weighted by Gasteiger charge is -2.59. The number of nitrogens with two attached hydrogens (primary N) is 1. The zero-order chi connectivity index (χ0) is 19.4. The molecule has 2 aromatic rings. The van der Waals surface area contributed by atoms with Gasteiger partial charge >= 0.3 is 6.03 Å². The summed E-state index contributed by atoms with van der Waals surface area (Å²) in [5.74, 6) is -0.265. The maximum absolute atomic E-state index is 13.5. The van der Waals surface area contributed by atoms with Gasteiger partial charge in [0.15, 0.2) is 0 Å². The summed E-state index contributed by atoms with van der Waals surface area (Å²) in [4.78, 5) is 15.3. The fraction of sp³-hybridized carbons (Fsp3) is 0.435. The van der Waals surface area contributed by atoms with Gasteiger partial charge in [-0.2, -0.15) is 0 Å². The van der Waals surface area contributed by atoms with Crippen molar-refractivity contribution in [1.29, 1.82) is 0 Å². The van der Waals surface area contributed by atoms with E-state index in [4.69, 9.17) is 5.73 Å². The van der Waals surface area contributed by atoms with Crippen LogP contribution in [0.3, 0.4) is 0 Å². The van der Waals surface area contributed by atoms with Crippen molar-refractivity contribution in [3.8, 4) is 0 Å². The molecule has 0 radical (unpaired) electrons. The molecule has 146 valence electrons. The number of hydrogen-bond donors (Lipinski definition) is 2. The van der Waals surface area contributed by atoms with Crippen molar-refractivity contribution in [3.05, 3.63) is 71.0 Å². The van der Waals surface area contributed by atoms with Gasteiger partial charge < -0.3 is 16.0 Å². The van der Waals surface area contributed by atoms with Gasteiger partial charge in [-0.25, -0.2) is 9.18 Å². The molecule has 4 aliphatic rings. The van der Waals surface area contributed by atoms with E-state index in [9.17, 15) is 9.18 Å². The summed E-state index contributed by atoms with van der Waals surface area (Å²) in [7, 11) is 0. The smallest absolute Gasteiger partial charge is 0.318 e. The summed E-state index contributed by atoms with van der Waals surface area (Å²) in [6.07, 6.45) is 5.70. The molecule has 4 nitrogen and oxygen atoms in total. The van der Waals surface area contributed by atoms with Crippen LogP contribution in [0.5, 0.6) is 0 Å². The van der Waals surface area contributed by atoms with E-state index in [1.165, 1.54) is 17.7 Å². The van der Waals surface area contributed by atoms with Gasteiger partial charge in [-0.15, -0.1) is 0 Å². The molecule has 3 fully saturated rings. The van der Waals surface area contributed by atoms with Crippen molar-refractivity contribution < 1.29 is 9.18 Å². The summed E-state index contributed by atoms with van der Waals surface area (Å²) in [6, 6.07) is 14.5. The molecule has 3 N–H and O–H groups in total. The second-order valence-electron chi connectivity index (χ2n) is 8.88. The van der Waals surface area contributed by atoms with Gasteiger partial charge in [0.25, 0.3) is 0 Å². The van der Waals surface area contributed by atoms with Crippen molar-refractivity contribution in [2.75, 3.05) is 6.54 Å². The van der Waals surface area contributed by atoms with Gasteiger partial charge in [0, 0.05) is 17.6 Å². The van der Waals surface area contributed by atoms with Crippen LogP contribution in [0.25, 0.3) is 0 Å². The molecular formula is C23H26FN3O. The standard InChI is InChI=1S/C23H26FN3O/c24-18-8-6-17(7-9-18)20-19-5-2-1-4-16(19)10-13-27(20)21(28)26-23-12-3-11-22(25,14-23)15-23/h1-2,4-9,20H,3,10-15,25H2,(H,26,28)/t20-,22?,23?/m0/s1. The van der Waals surface area contributed by atoms with Gasteiger partial charge in [-0.05, 0) is 67.3 Å². The zero-order valence-corrected chi connectivity index (χ0v) is 16.0. The molecule has 1 aliphatic heterocycles. The first-order chi connectivity index (χ1) is 13.5. The molecule has 6 rings (SSSR count). The number of hydrogen-bond acceptors (Lipinski definition) is 2. The number of rotatable bonds is 2. The fourth-order valence-corrected chi connectivity index (χ4v) is 5.67. The summed E-state index contributed by atoms with van der Waals surface area (Å²) in [6.45, 7) is 0.648. The van der Waals surface area contributed by atoms with Gasteiger partial charge in [0.1, 0.15) is 5.82 Å². The SMILES string of the molecule is NC12CCCC(NC(=O)N3CCc4ccccc4[C@@H]3c3ccc(F)cc3)(C1)C2. The minimum absolute atomic E-state index is 0.0345. The first-order valence-corrected chi connectivity index (χ1v) is 10.2. The Hall–Kier alpha value is -2.40. The molecule has 2 aromatic carbocycles. The van der Waals surface area contributed by atoms with Crippen LogP contribution in [-0.4, -0.2) is 28.6 Å². The molecule has 28 heavy (non-hydrogen) atoms. The Balaban J connectivity index is 1.45. The number of carbonyl (C=O) groups excluding carboxylic acids is 1. The van der Waals surface area contributed by atoms with Crippen LogP contribution in [0.4, 0.5) is 9.18 Å². The first-order valence-electron chi connectivity index (χ1n) is 10.2. The number of benzene rings is 2. The lowest BCUT2D eigenvalue weighted by atomic mass is 9.55. The van der Waals surface area contributed by atoms with Gasteiger partial charge in [-0.3, -0.25) is 0 Å². The highest BCUT2D eigenvalue weighted by molar-refractivity contribution is 5.77. The molecule has 5 heteroatoms. The number of fused-ring (bicyclic) bond motifs is 3. The molecule has 1 atom stereocenters. The number of nitrogens with one attached hydrogen (secondary N) is 1. The lowest BCUT2D eigenvalue weighted by Crippen LogP contribution is -2.72. The van der Waals surface area contributed by atoms with Gasteiger partial charge in [0.2, 0.25) is 0 Å². The summed E-state index contributed by atoms with van der Waals surface area (Å²) in [5, 5.41) is 3.33. The van der Waals surface area contributed by atoms with Crippen molar-refractivity contribution >= 4 is 6.03 Å². The van der Waals surface area contributed by atoms with E-state index in [1.807, 2.05) is 17.0 Å². The van der Waals surface area contributed by atoms with Crippen LogP contribution in [-0.2, 0) is 6.42 Å². The topological polar surface area (TPSA) is 58.4 Å². The van der Waals surface area contributed by atoms with Gasteiger partial charge in [0.05, 0.1) is 6.04 Å². The van der Waals surface area contributed by atoms with Crippen LogP contribution < -0.4 is 11.1 Å². The predicted octanol–water partition coefficient (Wildman–Crippen LogP) is 3.90. The number of halogens is 1. The molecule has 3 saturated carbocycles. The van der Waals surface area contributed by atoms with Crippen LogP contribution >= 0.6 is 0 Å². The molecule has 3 aliphatic carbocycles. The van der Waals surface area contributed by atoms with Crippen LogP contribution in [0, 0.1) is 5.82 Å². The number of nitrogens with zero attached hydrogens (tertiary/aromatic N) is 1. The summed E-state index contributed by atoms with van der Waals surface area (Å²) >= 11 is 0. The van der Waals surface area contributed by atoms with E-state index in [0.717, 1.165) is 49.7 Å². The molecule has 2 amide bonds. The highest BCUT2D eigenvalue weighted by atomic mass is 19.1. The average Bonchev–Trinajstić information content (AvgIpc) is 2.67. The molecule has 0 unspecified atom stereocenters. The van der Waals surface area contributed by atoms with E-state index < -0.39 is 0 Å². The molecule has 1 heterocycles. The van der Waals surface area contributed by atoms with Crippen LogP contribution in [0.2, 0.25) is 0 Å². The normalized spacial score (nSPS) is 30.9. The van der Waals surface area contributed by atoms with Crippen molar-refractivity contribution in [1.82, 2.24) is 10.2 Å². The Morgan fingerprint density at radius 1 is 1.11 bits per heavy atom. The monoisotopic (exact) mass is 379 g/mol. The Morgan fingerprint density at radius 2 is 1.86 bits per heavy atom. The highest BCUT2D eigenvalue weighted by Gasteiger charge is 2.56. The van der Waals surface area contributed by atoms with E-state index >= 15 is 0 Å². The van der Waals surface area contributed by atoms with E-state index in [0.29, 0.717) is 6.54 Å². The molecular weight excluding hydrogens is 353 g/mol. The van der Waals surface area contributed by atoms with Crippen LogP contribution in [0.15, 0.2) is 48.5 Å². The van der Waals surface area contributed by atoms with E-state index in [2.05, 4.69) is 17.4 Å². The quantitative estimate of drug-likeness (QED) is 0.832. The Morgan fingerprint density at radius 3 is 2.61 bits per heavy atom. The third-order valence-corrected chi connectivity index (χ3v) is 6.81. The number of carbonyl (C=O) groups is 1. The minimum atomic E-state index is -0.265. The maximum atomic E-state index is 13.5. The number of urea groups is 1. The Labute approximate surface area is 164 Å². The second-order valence-corrected chi connectivity index (χ2v) is 8.88. The van der Waals surface area contributed by atoms with E-state index in [1.54, 1.807) is 12.1 Å². The van der Waals surface area contributed by atoms with Crippen LogP contribution in [0.1, 0.15) is 54.8 Å². The number of amides is 2. The minimum Gasteiger partial charge on any atom is -0.332 e. The highest BCUT2D eigenvalue weighted by Crippen LogP contribution is 2.50. The Bertz CT molecular complexity index is 904. The average molecular weight is 379 g/mol. The third kappa shape index (κ3) is 2.89. The molecule has 2 bridgehead atoms. The molecule has 0 saturated heterocycles. The predicted molar refractivity (Wildman–Crippen MR) is 106 cm³/mol. The maximum Gasteiger partial charge on any atom is 0.318 e. The first kappa shape index (κ1) is 17.7. The molecule has 0 aromatic heterocycles. The van der Waals surface area contributed by atoms with Crippen molar-refractivity contribution in [2.45, 2.75) is 55.6 Å². The largest absolute Gasteiger partial charge is 0.332 e.